The zero-order valence-electron chi connectivity index (χ0n) is 16.4. The molecular weight excluding hydrogens is 388 g/mol. The lowest BCUT2D eigenvalue weighted by Crippen LogP contribution is -2.36. The Morgan fingerprint density at radius 2 is 1.83 bits per heavy atom. The standard InChI is InChI=1S/C22H26N2O4S/c1-10-2-7-14-15(8-10)29-21(18(14)20(26)23-13-5-6-13)24-19(25)16-11-3-4-12(9-11)17(16)22(27)28/h3-4,10-13,16-17H,2,5-9H2,1H3,(H,23,26)(H,24,25)(H,27,28). The van der Waals surface area contributed by atoms with E-state index in [-0.39, 0.29) is 29.7 Å². The fourth-order valence-electron chi connectivity index (χ4n) is 5.28. The molecule has 1 aromatic rings. The van der Waals surface area contributed by atoms with Crippen LogP contribution in [0.2, 0.25) is 0 Å². The van der Waals surface area contributed by atoms with Gasteiger partial charge in [-0.25, -0.2) is 0 Å². The van der Waals surface area contributed by atoms with Crippen molar-refractivity contribution in [1.29, 1.82) is 0 Å². The molecule has 29 heavy (non-hydrogen) atoms. The number of anilines is 1. The molecule has 154 valence electrons. The van der Waals surface area contributed by atoms with Crippen LogP contribution in [0, 0.1) is 29.6 Å². The fraction of sp³-hybridized carbons (Fsp3) is 0.591. The predicted molar refractivity (Wildman–Crippen MR) is 110 cm³/mol. The molecule has 5 unspecified atom stereocenters. The minimum absolute atomic E-state index is 0.0283. The van der Waals surface area contributed by atoms with Crippen LogP contribution in [0.25, 0.3) is 0 Å². The molecular formula is C22H26N2O4S. The molecule has 0 spiro atoms. The SMILES string of the molecule is CC1CCc2c(sc(NC(=O)C3C4C=CC(C4)C3C(=O)O)c2C(=O)NC2CC2)C1. The number of thiophene rings is 1. The maximum atomic E-state index is 13.2. The summed E-state index contributed by atoms with van der Waals surface area (Å²) in [6.45, 7) is 2.21. The monoisotopic (exact) mass is 414 g/mol. The number of rotatable bonds is 5. The van der Waals surface area contributed by atoms with E-state index in [4.69, 9.17) is 0 Å². The van der Waals surface area contributed by atoms with E-state index in [1.807, 2.05) is 12.2 Å². The summed E-state index contributed by atoms with van der Waals surface area (Å²) in [6.07, 6.45) is 9.48. The third-order valence-electron chi connectivity index (χ3n) is 6.94. The van der Waals surface area contributed by atoms with Gasteiger partial charge in [-0.1, -0.05) is 19.1 Å². The van der Waals surface area contributed by atoms with Crippen LogP contribution >= 0.6 is 11.3 Å². The van der Waals surface area contributed by atoms with E-state index in [9.17, 15) is 19.5 Å². The van der Waals surface area contributed by atoms with Crippen LogP contribution in [-0.2, 0) is 22.4 Å². The van der Waals surface area contributed by atoms with E-state index in [1.54, 1.807) is 0 Å². The van der Waals surface area contributed by atoms with Crippen molar-refractivity contribution < 1.29 is 19.5 Å². The number of hydrogen-bond donors (Lipinski definition) is 3. The highest BCUT2D eigenvalue weighted by Gasteiger charge is 2.52. The largest absolute Gasteiger partial charge is 0.481 e. The van der Waals surface area contributed by atoms with E-state index in [0.29, 0.717) is 16.5 Å². The minimum atomic E-state index is -0.909. The highest BCUT2D eigenvalue weighted by molar-refractivity contribution is 7.17. The van der Waals surface area contributed by atoms with Crippen molar-refractivity contribution in [3.63, 3.8) is 0 Å². The molecule has 3 N–H and O–H groups in total. The van der Waals surface area contributed by atoms with Crippen LogP contribution < -0.4 is 10.6 Å². The average Bonchev–Trinajstić information content (AvgIpc) is 3.11. The van der Waals surface area contributed by atoms with E-state index in [2.05, 4.69) is 17.6 Å². The Morgan fingerprint density at radius 3 is 2.52 bits per heavy atom. The van der Waals surface area contributed by atoms with Crippen molar-refractivity contribution in [2.24, 2.45) is 29.6 Å². The molecule has 7 heteroatoms. The third-order valence-corrected chi connectivity index (χ3v) is 8.10. The Kier molecular flexibility index (Phi) is 4.53. The van der Waals surface area contributed by atoms with Crippen LogP contribution in [0.3, 0.4) is 0 Å². The van der Waals surface area contributed by atoms with Crippen molar-refractivity contribution in [3.8, 4) is 0 Å². The van der Waals surface area contributed by atoms with Gasteiger partial charge in [-0.15, -0.1) is 11.3 Å². The number of carbonyl (C=O) groups is 3. The molecule has 2 saturated carbocycles. The number of carboxylic acids is 1. The molecule has 6 nitrogen and oxygen atoms in total. The van der Waals surface area contributed by atoms with Crippen LogP contribution in [0.1, 0.15) is 53.4 Å². The van der Waals surface area contributed by atoms with E-state index in [1.165, 1.54) is 16.2 Å². The lowest BCUT2D eigenvalue weighted by molar-refractivity contribution is -0.146. The van der Waals surface area contributed by atoms with Crippen molar-refractivity contribution in [3.05, 3.63) is 28.2 Å². The number of carbonyl (C=O) groups excluding carboxylic acids is 2. The molecule has 2 bridgehead atoms. The second-order valence-electron chi connectivity index (χ2n) is 9.13. The van der Waals surface area contributed by atoms with Crippen LogP contribution in [0.4, 0.5) is 5.00 Å². The Balaban J connectivity index is 1.44. The number of fused-ring (bicyclic) bond motifs is 3. The first-order chi connectivity index (χ1) is 13.9. The molecule has 5 rings (SSSR count). The highest BCUT2D eigenvalue weighted by atomic mass is 32.1. The smallest absolute Gasteiger partial charge is 0.307 e. The van der Waals surface area contributed by atoms with Crippen molar-refractivity contribution >= 4 is 34.1 Å². The van der Waals surface area contributed by atoms with Gasteiger partial charge in [0.15, 0.2) is 0 Å². The van der Waals surface area contributed by atoms with E-state index in [0.717, 1.165) is 44.1 Å². The zero-order chi connectivity index (χ0) is 20.3. The predicted octanol–water partition coefficient (Wildman–Crippen LogP) is 3.23. The lowest BCUT2D eigenvalue weighted by Gasteiger charge is -2.23. The molecule has 1 heterocycles. The summed E-state index contributed by atoms with van der Waals surface area (Å²) < 4.78 is 0. The van der Waals surface area contributed by atoms with Crippen LogP contribution in [0.15, 0.2) is 12.2 Å². The quantitative estimate of drug-likeness (QED) is 0.645. The van der Waals surface area contributed by atoms with Gasteiger partial charge >= 0.3 is 5.97 Å². The topological polar surface area (TPSA) is 95.5 Å². The average molecular weight is 415 g/mol. The Labute approximate surface area is 173 Å². The molecule has 0 aliphatic heterocycles. The minimum Gasteiger partial charge on any atom is -0.481 e. The van der Waals surface area contributed by atoms with Crippen LogP contribution in [0.5, 0.6) is 0 Å². The van der Waals surface area contributed by atoms with E-state index >= 15 is 0 Å². The molecule has 4 aliphatic rings. The third kappa shape index (κ3) is 3.29. The molecule has 0 radical (unpaired) electrons. The summed E-state index contributed by atoms with van der Waals surface area (Å²) in [6, 6.07) is 0.246. The summed E-state index contributed by atoms with van der Waals surface area (Å²) in [5, 5.41) is 16.3. The number of hydrogen-bond acceptors (Lipinski definition) is 4. The molecule has 0 saturated heterocycles. The summed E-state index contributed by atoms with van der Waals surface area (Å²) in [5.74, 6) is -2.05. The first-order valence-corrected chi connectivity index (χ1v) is 11.4. The molecule has 2 amide bonds. The van der Waals surface area contributed by atoms with Gasteiger partial charge < -0.3 is 15.7 Å². The van der Waals surface area contributed by atoms with Gasteiger partial charge in [0.1, 0.15) is 5.00 Å². The normalized spacial score (nSPS) is 32.1. The maximum Gasteiger partial charge on any atom is 0.307 e. The number of amides is 2. The van der Waals surface area contributed by atoms with E-state index < -0.39 is 17.8 Å². The van der Waals surface area contributed by atoms with Crippen molar-refractivity contribution in [2.45, 2.75) is 51.5 Å². The molecule has 4 aliphatic carbocycles. The van der Waals surface area contributed by atoms with Gasteiger partial charge in [-0.05, 0) is 61.8 Å². The lowest BCUT2D eigenvalue weighted by atomic mass is 9.82. The van der Waals surface area contributed by atoms with Gasteiger partial charge in [0.2, 0.25) is 5.91 Å². The van der Waals surface area contributed by atoms with Gasteiger partial charge in [0, 0.05) is 10.9 Å². The maximum absolute atomic E-state index is 13.2. The number of aliphatic carboxylic acids is 1. The molecule has 2 fully saturated rings. The fourth-order valence-corrected chi connectivity index (χ4v) is 6.69. The summed E-state index contributed by atoms with van der Waals surface area (Å²) >= 11 is 1.50. The number of allylic oxidation sites excluding steroid dienone is 2. The van der Waals surface area contributed by atoms with Crippen LogP contribution in [-0.4, -0.2) is 28.9 Å². The van der Waals surface area contributed by atoms with Gasteiger partial charge in [-0.2, -0.15) is 0 Å². The molecule has 1 aromatic heterocycles. The Bertz CT molecular complexity index is 916. The number of nitrogens with one attached hydrogen (secondary N) is 2. The molecule has 5 atom stereocenters. The Hall–Kier alpha value is -2.15. The summed E-state index contributed by atoms with van der Waals surface area (Å²) in [7, 11) is 0. The van der Waals surface area contributed by atoms with Gasteiger partial charge in [0.05, 0.1) is 17.4 Å². The first kappa shape index (κ1) is 18.9. The van der Waals surface area contributed by atoms with Gasteiger partial charge in [0.25, 0.3) is 5.91 Å². The zero-order valence-corrected chi connectivity index (χ0v) is 17.3. The second-order valence-corrected chi connectivity index (χ2v) is 10.2. The summed E-state index contributed by atoms with van der Waals surface area (Å²) in [4.78, 5) is 39.1. The van der Waals surface area contributed by atoms with Gasteiger partial charge in [-0.3, -0.25) is 14.4 Å². The first-order valence-electron chi connectivity index (χ1n) is 10.6. The highest BCUT2D eigenvalue weighted by Crippen LogP contribution is 2.49. The number of carboxylic acid groups (broad SMARTS) is 1. The Morgan fingerprint density at radius 1 is 1.10 bits per heavy atom. The molecule has 0 aromatic carbocycles. The summed E-state index contributed by atoms with van der Waals surface area (Å²) in [5.41, 5.74) is 1.69. The van der Waals surface area contributed by atoms with Crippen molar-refractivity contribution in [1.82, 2.24) is 5.32 Å². The van der Waals surface area contributed by atoms with Crippen molar-refractivity contribution in [2.75, 3.05) is 5.32 Å². The second kappa shape index (κ2) is 6.97.